The van der Waals surface area contributed by atoms with E-state index in [1.165, 1.54) is 11.1 Å². The fourth-order valence-corrected chi connectivity index (χ4v) is 3.30. The highest BCUT2D eigenvalue weighted by Crippen LogP contribution is 2.11. The topological polar surface area (TPSA) is 35.6 Å². The minimum Gasteiger partial charge on any atom is -0.325 e. The van der Waals surface area contributed by atoms with Gasteiger partial charge in [0.2, 0.25) is 5.91 Å². The second-order valence-electron chi connectivity index (χ2n) is 6.99. The third-order valence-corrected chi connectivity index (χ3v) is 4.92. The Morgan fingerprint density at radius 2 is 1.74 bits per heavy atom. The van der Waals surface area contributed by atoms with Crippen LogP contribution < -0.4 is 5.32 Å². The number of rotatable bonds is 7. The van der Waals surface area contributed by atoms with Gasteiger partial charge in [-0.05, 0) is 29.7 Å². The Balaban J connectivity index is 1.38. The van der Waals surface area contributed by atoms with E-state index in [-0.39, 0.29) is 5.91 Å². The van der Waals surface area contributed by atoms with Crippen LogP contribution >= 0.6 is 0 Å². The molecule has 0 unspecified atom stereocenters. The Labute approximate surface area is 162 Å². The van der Waals surface area contributed by atoms with Gasteiger partial charge in [0.05, 0.1) is 6.54 Å². The van der Waals surface area contributed by atoms with Crippen molar-refractivity contribution in [1.82, 2.24) is 9.80 Å². The molecule has 2 aromatic rings. The van der Waals surface area contributed by atoms with Gasteiger partial charge in [-0.25, -0.2) is 0 Å². The Hall–Kier alpha value is -2.43. The number of hydrogen-bond donors (Lipinski definition) is 1. The first-order chi connectivity index (χ1) is 13.2. The first-order valence-corrected chi connectivity index (χ1v) is 9.78. The number of nitrogens with one attached hydrogen (secondary N) is 1. The van der Waals surface area contributed by atoms with Crippen LogP contribution in [-0.2, 0) is 11.2 Å². The summed E-state index contributed by atoms with van der Waals surface area (Å²) >= 11 is 0. The molecule has 1 N–H and O–H groups in total. The number of nitrogens with zero attached hydrogens (tertiary/aromatic N) is 2. The van der Waals surface area contributed by atoms with Gasteiger partial charge in [0, 0.05) is 38.4 Å². The summed E-state index contributed by atoms with van der Waals surface area (Å²) in [6.45, 7) is 7.40. The second-order valence-corrected chi connectivity index (χ2v) is 6.99. The Bertz CT molecular complexity index is 749. The summed E-state index contributed by atoms with van der Waals surface area (Å²) in [5, 5.41) is 3.02. The van der Waals surface area contributed by atoms with Crippen LogP contribution in [0.5, 0.6) is 0 Å². The summed E-state index contributed by atoms with van der Waals surface area (Å²) in [6, 6.07) is 18.5. The predicted octanol–water partition coefficient (Wildman–Crippen LogP) is 3.52. The molecule has 1 amide bonds. The van der Waals surface area contributed by atoms with Gasteiger partial charge in [-0.1, -0.05) is 61.5 Å². The van der Waals surface area contributed by atoms with Gasteiger partial charge in [-0.15, -0.1) is 0 Å². The standard InChI is InChI=1S/C23H29N3O/c1-2-20-10-6-12-22(18-20)24-23(27)19-26-16-14-25(15-17-26)13-7-11-21-8-4-3-5-9-21/h3-12,18H,2,13-17,19H2,1H3,(H,24,27)/b11-7+. The molecule has 0 aliphatic carbocycles. The molecule has 4 nitrogen and oxygen atoms in total. The molecule has 0 saturated carbocycles. The average molecular weight is 364 g/mol. The molecular formula is C23H29N3O. The first kappa shape index (κ1) is 19.3. The maximum atomic E-state index is 12.3. The van der Waals surface area contributed by atoms with Crippen LogP contribution in [-0.4, -0.2) is 55.0 Å². The third-order valence-electron chi connectivity index (χ3n) is 4.92. The van der Waals surface area contributed by atoms with E-state index in [0.29, 0.717) is 6.54 Å². The highest BCUT2D eigenvalue weighted by molar-refractivity contribution is 5.92. The zero-order chi connectivity index (χ0) is 18.9. The van der Waals surface area contributed by atoms with E-state index < -0.39 is 0 Å². The van der Waals surface area contributed by atoms with E-state index in [1.54, 1.807) is 0 Å². The number of carbonyl (C=O) groups excluding carboxylic acids is 1. The number of piperazine rings is 1. The highest BCUT2D eigenvalue weighted by Gasteiger charge is 2.18. The summed E-state index contributed by atoms with van der Waals surface area (Å²) in [7, 11) is 0. The van der Waals surface area contributed by atoms with E-state index in [2.05, 4.69) is 70.6 Å². The highest BCUT2D eigenvalue weighted by atomic mass is 16.2. The molecule has 0 radical (unpaired) electrons. The largest absolute Gasteiger partial charge is 0.325 e. The third kappa shape index (κ3) is 6.35. The molecule has 1 fully saturated rings. The van der Waals surface area contributed by atoms with Crippen molar-refractivity contribution in [2.45, 2.75) is 13.3 Å². The minimum absolute atomic E-state index is 0.0701. The van der Waals surface area contributed by atoms with E-state index in [9.17, 15) is 4.79 Å². The molecule has 2 aromatic carbocycles. The second kappa shape index (κ2) is 10.0. The molecule has 1 aliphatic heterocycles. The molecule has 27 heavy (non-hydrogen) atoms. The van der Waals surface area contributed by atoms with Crippen LogP contribution in [0.15, 0.2) is 60.7 Å². The van der Waals surface area contributed by atoms with E-state index in [0.717, 1.165) is 44.8 Å². The lowest BCUT2D eigenvalue weighted by atomic mass is 10.1. The fraction of sp³-hybridized carbons (Fsp3) is 0.348. The molecule has 0 aromatic heterocycles. The quantitative estimate of drug-likeness (QED) is 0.818. The zero-order valence-corrected chi connectivity index (χ0v) is 16.1. The molecule has 0 atom stereocenters. The normalized spacial score (nSPS) is 15.9. The SMILES string of the molecule is CCc1cccc(NC(=O)CN2CCN(C/C=C/c3ccccc3)CC2)c1. The van der Waals surface area contributed by atoms with Gasteiger partial charge in [0.25, 0.3) is 0 Å². The van der Waals surface area contributed by atoms with Crippen molar-refractivity contribution in [3.63, 3.8) is 0 Å². The number of amides is 1. The van der Waals surface area contributed by atoms with Crippen LogP contribution in [0.4, 0.5) is 5.69 Å². The molecule has 142 valence electrons. The molecule has 0 bridgehead atoms. The van der Waals surface area contributed by atoms with Crippen LogP contribution in [0.25, 0.3) is 6.08 Å². The predicted molar refractivity (Wildman–Crippen MR) is 113 cm³/mol. The Morgan fingerprint density at radius 3 is 2.48 bits per heavy atom. The molecule has 0 spiro atoms. The van der Waals surface area contributed by atoms with E-state index in [1.807, 2.05) is 18.2 Å². The van der Waals surface area contributed by atoms with E-state index >= 15 is 0 Å². The van der Waals surface area contributed by atoms with Crippen molar-refractivity contribution in [3.8, 4) is 0 Å². The first-order valence-electron chi connectivity index (χ1n) is 9.78. The summed E-state index contributed by atoms with van der Waals surface area (Å²) in [5.74, 6) is 0.0701. The monoisotopic (exact) mass is 363 g/mol. The Morgan fingerprint density at radius 1 is 1.00 bits per heavy atom. The molecule has 3 rings (SSSR count). The van der Waals surface area contributed by atoms with Crippen LogP contribution in [0.2, 0.25) is 0 Å². The molecule has 1 heterocycles. The van der Waals surface area contributed by atoms with Crippen molar-refractivity contribution in [1.29, 1.82) is 0 Å². The van der Waals surface area contributed by atoms with Gasteiger partial charge in [0.15, 0.2) is 0 Å². The van der Waals surface area contributed by atoms with Gasteiger partial charge in [0.1, 0.15) is 0 Å². The number of anilines is 1. The lowest BCUT2D eigenvalue weighted by molar-refractivity contribution is -0.117. The van der Waals surface area contributed by atoms with Crippen molar-refractivity contribution in [2.24, 2.45) is 0 Å². The van der Waals surface area contributed by atoms with Crippen molar-refractivity contribution in [3.05, 3.63) is 71.8 Å². The molecule has 1 saturated heterocycles. The maximum absolute atomic E-state index is 12.3. The van der Waals surface area contributed by atoms with Gasteiger partial charge in [-0.3, -0.25) is 14.6 Å². The minimum atomic E-state index is 0.0701. The summed E-state index contributed by atoms with van der Waals surface area (Å²) in [5.41, 5.74) is 3.37. The summed E-state index contributed by atoms with van der Waals surface area (Å²) in [6.07, 6.45) is 5.37. The fourth-order valence-electron chi connectivity index (χ4n) is 3.30. The zero-order valence-electron chi connectivity index (χ0n) is 16.1. The Kier molecular flexibility index (Phi) is 7.19. The van der Waals surface area contributed by atoms with Gasteiger partial charge >= 0.3 is 0 Å². The van der Waals surface area contributed by atoms with E-state index in [4.69, 9.17) is 0 Å². The van der Waals surface area contributed by atoms with Gasteiger partial charge in [-0.2, -0.15) is 0 Å². The van der Waals surface area contributed by atoms with Gasteiger partial charge < -0.3 is 5.32 Å². The van der Waals surface area contributed by atoms with Crippen LogP contribution in [0.1, 0.15) is 18.1 Å². The number of carbonyl (C=O) groups is 1. The lowest BCUT2D eigenvalue weighted by Crippen LogP contribution is -2.48. The average Bonchev–Trinajstić information content (AvgIpc) is 2.70. The van der Waals surface area contributed by atoms with Crippen LogP contribution in [0, 0.1) is 0 Å². The summed E-state index contributed by atoms with van der Waals surface area (Å²) in [4.78, 5) is 17.0. The van der Waals surface area contributed by atoms with Crippen molar-refractivity contribution in [2.75, 3.05) is 44.6 Å². The number of aryl methyl sites for hydroxylation is 1. The number of benzene rings is 2. The smallest absolute Gasteiger partial charge is 0.238 e. The summed E-state index contributed by atoms with van der Waals surface area (Å²) < 4.78 is 0. The number of hydrogen-bond acceptors (Lipinski definition) is 3. The van der Waals surface area contributed by atoms with Crippen molar-refractivity contribution >= 4 is 17.7 Å². The lowest BCUT2D eigenvalue weighted by Gasteiger charge is -2.33. The van der Waals surface area contributed by atoms with Crippen LogP contribution in [0.3, 0.4) is 0 Å². The molecular weight excluding hydrogens is 334 g/mol. The molecule has 4 heteroatoms. The molecule has 1 aliphatic rings. The van der Waals surface area contributed by atoms with Crippen molar-refractivity contribution < 1.29 is 4.79 Å². The maximum Gasteiger partial charge on any atom is 0.238 e.